The van der Waals surface area contributed by atoms with Crippen molar-refractivity contribution >= 4 is 5.96 Å². The fourth-order valence-electron chi connectivity index (χ4n) is 3.63. The van der Waals surface area contributed by atoms with Crippen LogP contribution in [0.2, 0.25) is 0 Å². The molecule has 0 amide bonds. The van der Waals surface area contributed by atoms with E-state index in [1.807, 2.05) is 0 Å². The molecule has 3 rings (SSSR count). The molecule has 2 heterocycles. The van der Waals surface area contributed by atoms with Gasteiger partial charge in [-0.3, -0.25) is 4.99 Å². The topological polar surface area (TPSA) is 76.4 Å². The minimum atomic E-state index is 0.550. The van der Waals surface area contributed by atoms with Gasteiger partial charge in [-0.25, -0.2) is 0 Å². The number of rotatable bonds is 9. The summed E-state index contributed by atoms with van der Waals surface area (Å²) in [5.41, 5.74) is 1.59. The lowest BCUT2D eigenvalue weighted by molar-refractivity contribution is 0.187. The first-order chi connectivity index (χ1) is 13.3. The molecule has 2 N–H and O–H groups in total. The Kier molecular flexibility index (Phi) is 8.14. The lowest BCUT2D eigenvalue weighted by Crippen LogP contribution is -2.40. The van der Waals surface area contributed by atoms with Crippen molar-refractivity contribution in [2.45, 2.75) is 58.4 Å². The van der Waals surface area contributed by atoms with E-state index < -0.39 is 0 Å². The minimum Gasteiger partial charge on any atom is -0.381 e. The summed E-state index contributed by atoms with van der Waals surface area (Å²) in [6, 6.07) is 0. The molecule has 1 aromatic rings. The molecule has 0 aromatic carbocycles. The number of hydrogen-bond donors (Lipinski definition) is 2. The summed E-state index contributed by atoms with van der Waals surface area (Å²) in [6.45, 7) is 7.22. The van der Waals surface area contributed by atoms with Crippen molar-refractivity contribution in [1.82, 2.24) is 25.4 Å². The van der Waals surface area contributed by atoms with Gasteiger partial charge < -0.3 is 19.9 Å². The van der Waals surface area contributed by atoms with Crippen LogP contribution in [0.3, 0.4) is 0 Å². The second-order valence-corrected chi connectivity index (χ2v) is 7.42. The van der Waals surface area contributed by atoms with Crippen LogP contribution < -0.4 is 10.6 Å². The molecule has 0 spiro atoms. The third-order valence-electron chi connectivity index (χ3n) is 5.31. The number of ether oxygens (including phenoxy) is 1. The summed E-state index contributed by atoms with van der Waals surface area (Å²) in [6.07, 6.45) is 12.5. The molecule has 0 bridgehead atoms. The van der Waals surface area contributed by atoms with E-state index in [1.54, 1.807) is 11.9 Å². The highest BCUT2D eigenvalue weighted by Gasteiger charge is 2.15. The van der Waals surface area contributed by atoms with E-state index in [-0.39, 0.29) is 0 Å². The van der Waals surface area contributed by atoms with Gasteiger partial charge in [-0.2, -0.15) is 0 Å². The zero-order valence-electron chi connectivity index (χ0n) is 16.6. The second kappa shape index (κ2) is 11.1. The van der Waals surface area contributed by atoms with Crippen LogP contribution >= 0.6 is 0 Å². The summed E-state index contributed by atoms with van der Waals surface area (Å²) in [4.78, 5) is 4.80. The largest absolute Gasteiger partial charge is 0.381 e. The van der Waals surface area contributed by atoms with E-state index >= 15 is 0 Å². The van der Waals surface area contributed by atoms with Crippen molar-refractivity contribution in [3.63, 3.8) is 0 Å². The Bertz CT molecular complexity index is 618. The van der Waals surface area contributed by atoms with Crippen LogP contribution in [0, 0.1) is 5.92 Å². The summed E-state index contributed by atoms with van der Waals surface area (Å²) < 4.78 is 7.57. The van der Waals surface area contributed by atoms with E-state index in [4.69, 9.17) is 9.73 Å². The molecule has 1 aliphatic heterocycles. The summed E-state index contributed by atoms with van der Waals surface area (Å²) in [7, 11) is 0. The zero-order valence-corrected chi connectivity index (χ0v) is 16.6. The van der Waals surface area contributed by atoms with Crippen LogP contribution in [0.15, 0.2) is 23.0 Å². The van der Waals surface area contributed by atoms with Crippen molar-refractivity contribution in [2.24, 2.45) is 10.9 Å². The molecule has 27 heavy (non-hydrogen) atoms. The van der Waals surface area contributed by atoms with Gasteiger partial charge in [-0.1, -0.05) is 18.6 Å². The SMILES string of the molecule is CCc1nncn1CCNC(=NCC1CCOC1)NCCC1=CCCCC1. The van der Waals surface area contributed by atoms with E-state index in [2.05, 4.69) is 38.4 Å². The molecule has 1 fully saturated rings. The first kappa shape index (κ1) is 19.9. The number of aliphatic imine (C=N–C) groups is 1. The molecule has 1 aromatic heterocycles. The van der Waals surface area contributed by atoms with Crippen LogP contribution in [-0.2, 0) is 17.7 Å². The Morgan fingerprint density at radius 3 is 3.04 bits per heavy atom. The molecule has 1 unspecified atom stereocenters. The van der Waals surface area contributed by atoms with Crippen LogP contribution in [0.1, 0.15) is 51.3 Å². The minimum absolute atomic E-state index is 0.550. The Morgan fingerprint density at radius 2 is 2.26 bits per heavy atom. The van der Waals surface area contributed by atoms with Gasteiger partial charge >= 0.3 is 0 Å². The number of aromatic nitrogens is 3. The average Bonchev–Trinajstić information content (AvgIpc) is 3.38. The third kappa shape index (κ3) is 6.65. The summed E-state index contributed by atoms with van der Waals surface area (Å²) in [5, 5.41) is 15.1. The molecule has 1 saturated heterocycles. The lowest BCUT2D eigenvalue weighted by atomic mass is 9.97. The predicted molar refractivity (Wildman–Crippen MR) is 108 cm³/mol. The summed E-state index contributed by atoms with van der Waals surface area (Å²) >= 11 is 0. The maximum Gasteiger partial charge on any atom is 0.191 e. The van der Waals surface area contributed by atoms with Crippen LogP contribution in [0.5, 0.6) is 0 Å². The van der Waals surface area contributed by atoms with Crippen molar-refractivity contribution in [2.75, 3.05) is 32.8 Å². The number of allylic oxidation sites excluding steroid dienone is 1. The van der Waals surface area contributed by atoms with Gasteiger partial charge in [0.2, 0.25) is 0 Å². The zero-order chi connectivity index (χ0) is 18.7. The van der Waals surface area contributed by atoms with E-state index in [9.17, 15) is 0 Å². The number of nitrogens with zero attached hydrogens (tertiary/aromatic N) is 4. The van der Waals surface area contributed by atoms with Gasteiger partial charge in [0, 0.05) is 45.1 Å². The Balaban J connectivity index is 1.47. The number of aryl methyl sites for hydroxylation is 1. The Morgan fingerprint density at radius 1 is 1.33 bits per heavy atom. The maximum atomic E-state index is 5.47. The Labute approximate surface area is 162 Å². The van der Waals surface area contributed by atoms with Crippen molar-refractivity contribution in [1.29, 1.82) is 0 Å². The van der Waals surface area contributed by atoms with E-state index in [1.165, 1.54) is 25.7 Å². The van der Waals surface area contributed by atoms with E-state index in [0.29, 0.717) is 5.92 Å². The first-order valence-electron chi connectivity index (χ1n) is 10.5. The smallest absolute Gasteiger partial charge is 0.191 e. The van der Waals surface area contributed by atoms with Crippen molar-refractivity contribution < 1.29 is 4.74 Å². The standard InChI is InChI=1S/C20H34N6O/c1-2-19-25-24-16-26(19)12-11-22-20(23-14-18-9-13-27-15-18)21-10-8-17-6-4-3-5-7-17/h6,16,18H,2-5,7-15H2,1H3,(H2,21,22,23). The molecule has 0 radical (unpaired) electrons. The maximum absolute atomic E-state index is 5.47. The number of hydrogen-bond acceptors (Lipinski definition) is 4. The fraction of sp³-hybridized carbons (Fsp3) is 0.750. The second-order valence-electron chi connectivity index (χ2n) is 7.42. The van der Waals surface area contributed by atoms with Crippen molar-refractivity contribution in [3.05, 3.63) is 23.8 Å². The normalized spacial score (nSPS) is 20.6. The van der Waals surface area contributed by atoms with Gasteiger partial charge in [-0.15, -0.1) is 10.2 Å². The highest BCUT2D eigenvalue weighted by Crippen LogP contribution is 2.19. The molecule has 1 atom stereocenters. The van der Waals surface area contributed by atoms with Gasteiger partial charge in [0.25, 0.3) is 0 Å². The highest BCUT2D eigenvalue weighted by atomic mass is 16.5. The number of nitrogens with one attached hydrogen (secondary N) is 2. The number of guanidine groups is 1. The quantitative estimate of drug-likeness (QED) is 0.394. The molecular weight excluding hydrogens is 340 g/mol. The van der Waals surface area contributed by atoms with Gasteiger partial charge in [-0.05, 0) is 38.5 Å². The predicted octanol–water partition coefficient (Wildman–Crippen LogP) is 2.30. The van der Waals surface area contributed by atoms with Gasteiger partial charge in [0.15, 0.2) is 5.96 Å². The van der Waals surface area contributed by atoms with Gasteiger partial charge in [0.1, 0.15) is 12.2 Å². The van der Waals surface area contributed by atoms with Crippen LogP contribution in [0.4, 0.5) is 0 Å². The van der Waals surface area contributed by atoms with Gasteiger partial charge in [0.05, 0.1) is 6.61 Å². The molecule has 0 saturated carbocycles. The monoisotopic (exact) mass is 374 g/mol. The molecule has 7 heteroatoms. The Hall–Kier alpha value is -1.89. The summed E-state index contributed by atoms with van der Waals surface area (Å²) in [5.74, 6) is 2.48. The highest BCUT2D eigenvalue weighted by molar-refractivity contribution is 5.79. The fourth-order valence-corrected chi connectivity index (χ4v) is 3.63. The first-order valence-corrected chi connectivity index (χ1v) is 10.5. The lowest BCUT2D eigenvalue weighted by Gasteiger charge is -2.16. The van der Waals surface area contributed by atoms with Crippen LogP contribution in [-0.4, -0.2) is 53.6 Å². The molecule has 2 aliphatic rings. The molecule has 7 nitrogen and oxygen atoms in total. The van der Waals surface area contributed by atoms with E-state index in [0.717, 1.165) is 70.4 Å². The van der Waals surface area contributed by atoms with Crippen molar-refractivity contribution in [3.8, 4) is 0 Å². The molecule has 1 aliphatic carbocycles. The van der Waals surface area contributed by atoms with Crippen LogP contribution in [0.25, 0.3) is 0 Å². The third-order valence-corrected chi connectivity index (χ3v) is 5.31. The molecule has 150 valence electrons. The molecular formula is C20H34N6O. The average molecular weight is 375 g/mol.